The van der Waals surface area contributed by atoms with E-state index < -0.39 is 0 Å². The highest BCUT2D eigenvalue weighted by Gasteiger charge is 2.27. The van der Waals surface area contributed by atoms with Crippen molar-refractivity contribution < 1.29 is 0 Å². The zero-order chi connectivity index (χ0) is 15.0. The van der Waals surface area contributed by atoms with Crippen molar-refractivity contribution in [3.8, 4) is 0 Å². The molecule has 20 heavy (non-hydrogen) atoms. The zero-order valence-corrected chi connectivity index (χ0v) is 14.6. The van der Waals surface area contributed by atoms with Gasteiger partial charge < -0.3 is 10.2 Å². The summed E-state index contributed by atoms with van der Waals surface area (Å²) in [6, 6.07) is 1.58. The highest BCUT2D eigenvalue weighted by molar-refractivity contribution is 4.84. The average molecular weight is 283 g/mol. The van der Waals surface area contributed by atoms with Gasteiger partial charge in [0, 0.05) is 18.6 Å². The van der Waals surface area contributed by atoms with Gasteiger partial charge in [0.15, 0.2) is 0 Å². The van der Waals surface area contributed by atoms with Gasteiger partial charge >= 0.3 is 0 Å². The van der Waals surface area contributed by atoms with Crippen molar-refractivity contribution in [1.29, 1.82) is 0 Å². The molecule has 1 N–H and O–H groups in total. The Morgan fingerprint density at radius 2 is 1.80 bits per heavy atom. The van der Waals surface area contributed by atoms with Crippen LogP contribution >= 0.6 is 0 Å². The third kappa shape index (κ3) is 5.73. The summed E-state index contributed by atoms with van der Waals surface area (Å²) in [5, 5.41) is 3.70. The smallest absolute Gasteiger partial charge is 0.00956 e. The molecule has 1 aliphatic carbocycles. The van der Waals surface area contributed by atoms with Crippen molar-refractivity contribution in [1.82, 2.24) is 10.2 Å². The van der Waals surface area contributed by atoms with Gasteiger partial charge in [-0.2, -0.15) is 0 Å². The maximum absolute atomic E-state index is 3.70. The van der Waals surface area contributed by atoms with Crippen LogP contribution < -0.4 is 5.32 Å². The van der Waals surface area contributed by atoms with Crippen LogP contribution in [0, 0.1) is 11.8 Å². The normalized spacial score (nSPS) is 23.4. The summed E-state index contributed by atoms with van der Waals surface area (Å²) in [4.78, 5) is 2.77. The Kier molecular flexibility index (Phi) is 8.79. The van der Waals surface area contributed by atoms with E-state index >= 15 is 0 Å². The standard InChI is InChI=1S/C18H38N2/c1-6-17(7-2)20(14-15(4)5)13-12-16-10-9-11-18(16)19-8-3/h15-19H,6-14H2,1-5H3. The predicted molar refractivity (Wildman–Crippen MR) is 90.2 cm³/mol. The Bertz CT molecular complexity index is 236. The summed E-state index contributed by atoms with van der Waals surface area (Å²) < 4.78 is 0. The largest absolute Gasteiger partial charge is 0.314 e. The summed E-state index contributed by atoms with van der Waals surface area (Å²) in [6.45, 7) is 15.3. The monoisotopic (exact) mass is 282 g/mol. The molecule has 0 bridgehead atoms. The molecule has 1 rings (SSSR count). The minimum atomic E-state index is 0.781. The lowest BCUT2D eigenvalue weighted by Crippen LogP contribution is -2.40. The van der Waals surface area contributed by atoms with E-state index in [-0.39, 0.29) is 0 Å². The quantitative estimate of drug-likeness (QED) is 0.642. The number of hydrogen-bond donors (Lipinski definition) is 1. The van der Waals surface area contributed by atoms with Gasteiger partial charge in [-0.1, -0.05) is 41.0 Å². The summed E-state index contributed by atoms with van der Waals surface area (Å²) in [5.41, 5.74) is 0. The Hall–Kier alpha value is -0.0800. The van der Waals surface area contributed by atoms with Crippen molar-refractivity contribution in [2.45, 2.75) is 85.2 Å². The van der Waals surface area contributed by atoms with Crippen molar-refractivity contribution in [3.63, 3.8) is 0 Å². The summed E-state index contributed by atoms with van der Waals surface area (Å²) in [7, 11) is 0. The Labute approximate surface area is 127 Å². The number of rotatable bonds is 10. The number of nitrogens with zero attached hydrogens (tertiary/aromatic N) is 1. The van der Waals surface area contributed by atoms with E-state index in [2.05, 4.69) is 44.8 Å². The van der Waals surface area contributed by atoms with E-state index in [9.17, 15) is 0 Å². The van der Waals surface area contributed by atoms with Crippen LogP contribution in [-0.2, 0) is 0 Å². The Balaban J connectivity index is 2.48. The third-order valence-electron chi connectivity index (χ3n) is 4.97. The van der Waals surface area contributed by atoms with Gasteiger partial charge in [-0.15, -0.1) is 0 Å². The van der Waals surface area contributed by atoms with Gasteiger partial charge in [0.25, 0.3) is 0 Å². The molecule has 2 heteroatoms. The van der Waals surface area contributed by atoms with Crippen LogP contribution in [0.1, 0.15) is 73.1 Å². The average Bonchev–Trinajstić information content (AvgIpc) is 2.84. The van der Waals surface area contributed by atoms with Crippen molar-refractivity contribution in [2.24, 2.45) is 11.8 Å². The number of nitrogens with one attached hydrogen (secondary N) is 1. The summed E-state index contributed by atoms with van der Waals surface area (Å²) in [6.07, 6.45) is 8.25. The first-order valence-electron chi connectivity index (χ1n) is 9.09. The first kappa shape index (κ1) is 18.0. The minimum absolute atomic E-state index is 0.781. The molecule has 1 aliphatic rings. The fourth-order valence-electron chi connectivity index (χ4n) is 3.94. The molecule has 0 amide bonds. The van der Waals surface area contributed by atoms with E-state index in [0.29, 0.717) is 0 Å². The molecule has 0 aromatic rings. The second-order valence-corrected chi connectivity index (χ2v) is 7.00. The maximum atomic E-state index is 3.70. The molecule has 0 aromatic carbocycles. The summed E-state index contributed by atoms with van der Waals surface area (Å²) in [5.74, 6) is 1.70. The fraction of sp³-hybridized carbons (Fsp3) is 1.00. The predicted octanol–water partition coefficient (Wildman–Crippen LogP) is 4.30. The molecular weight excluding hydrogens is 244 g/mol. The molecule has 2 nitrogen and oxygen atoms in total. The van der Waals surface area contributed by atoms with Gasteiger partial charge in [0.1, 0.15) is 0 Å². The van der Waals surface area contributed by atoms with E-state index in [1.165, 1.54) is 51.6 Å². The zero-order valence-electron chi connectivity index (χ0n) is 14.6. The highest BCUT2D eigenvalue weighted by Crippen LogP contribution is 2.29. The van der Waals surface area contributed by atoms with Crippen LogP contribution in [0.5, 0.6) is 0 Å². The van der Waals surface area contributed by atoms with Crippen molar-refractivity contribution in [2.75, 3.05) is 19.6 Å². The van der Waals surface area contributed by atoms with Gasteiger partial charge in [-0.05, 0) is 57.0 Å². The molecule has 0 aliphatic heterocycles. The highest BCUT2D eigenvalue weighted by atomic mass is 15.2. The molecule has 1 fully saturated rings. The van der Waals surface area contributed by atoms with Gasteiger partial charge in [-0.25, -0.2) is 0 Å². The molecule has 0 radical (unpaired) electrons. The molecule has 0 aromatic heterocycles. The molecule has 2 atom stereocenters. The number of hydrogen-bond acceptors (Lipinski definition) is 2. The van der Waals surface area contributed by atoms with Crippen LogP contribution in [0.15, 0.2) is 0 Å². The second-order valence-electron chi connectivity index (χ2n) is 7.00. The fourth-order valence-corrected chi connectivity index (χ4v) is 3.94. The van der Waals surface area contributed by atoms with Crippen molar-refractivity contribution in [3.05, 3.63) is 0 Å². The lowest BCUT2D eigenvalue weighted by atomic mass is 9.97. The van der Waals surface area contributed by atoms with E-state index in [1.54, 1.807) is 0 Å². The Morgan fingerprint density at radius 3 is 2.35 bits per heavy atom. The van der Waals surface area contributed by atoms with Crippen LogP contribution in [0.2, 0.25) is 0 Å². The summed E-state index contributed by atoms with van der Waals surface area (Å²) >= 11 is 0. The van der Waals surface area contributed by atoms with Gasteiger partial charge in [0.2, 0.25) is 0 Å². The lowest BCUT2D eigenvalue weighted by molar-refractivity contribution is 0.151. The molecule has 0 saturated heterocycles. The van der Waals surface area contributed by atoms with E-state index in [0.717, 1.165) is 30.5 Å². The topological polar surface area (TPSA) is 15.3 Å². The molecule has 120 valence electrons. The van der Waals surface area contributed by atoms with Gasteiger partial charge in [0.05, 0.1) is 0 Å². The minimum Gasteiger partial charge on any atom is -0.314 e. The molecule has 1 saturated carbocycles. The van der Waals surface area contributed by atoms with Crippen molar-refractivity contribution >= 4 is 0 Å². The molecular formula is C18H38N2. The first-order valence-corrected chi connectivity index (χ1v) is 9.09. The Morgan fingerprint density at radius 1 is 1.10 bits per heavy atom. The first-order chi connectivity index (χ1) is 9.62. The second kappa shape index (κ2) is 9.78. The lowest BCUT2D eigenvalue weighted by Gasteiger charge is -2.33. The SMILES string of the molecule is CCNC1CCCC1CCN(CC(C)C)C(CC)CC. The van der Waals surface area contributed by atoms with Crippen LogP contribution in [0.3, 0.4) is 0 Å². The maximum Gasteiger partial charge on any atom is 0.00956 e. The molecule has 0 heterocycles. The van der Waals surface area contributed by atoms with Crippen LogP contribution in [0.25, 0.3) is 0 Å². The molecule has 2 unspecified atom stereocenters. The van der Waals surface area contributed by atoms with E-state index in [1.807, 2.05) is 0 Å². The van der Waals surface area contributed by atoms with Crippen LogP contribution in [-0.4, -0.2) is 36.6 Å². The van der Waals surface area contributed by atoms with E-state index in [4.69, 9.17) is 0 Å². The van der Waals surface area contributed by atoms with Crippen LogP contribution in [0.4, 0.5) is 0 Å². The van der Waals surface area contributed by atoms with Gasteiger partial charge in [-0.3, -0.25) is 0 Å². The third-order valence-corrected chi connectivity index (χ3v) is 4.97. The molecule has 0 spiro atoms.